The third-order valence-corrected chi connectivity index (χ3v) is 4.68. The van der Waals surface area contributed by atoms with Gasteiger partial charge in [-0.05, 0) is 43.7 Å². The fourth-order valence-electron chi connectivity index (χ4n) is 3.12. The van der Waals surface area contributed by atoms with E-state index in [0.29, 0.717) is 22.8 Å². The first kappa shape index (κ1) is 20.1. The molecule has 0 saturated heterocycles. The molecule has 9 nitrogen and oxygen atoms in total. The maximum Gasteiger partial charge on any atom is 0.254 e. The van der Waals surface area contributed by atoms with Gasteiger partial charge < -0.3 is 10.3 Å². The molecule has 4 rings (SSSR count). The first-order valence-electron chi connectivity index (χ1n) is 9.46. The highest BCUT2D eigenvalue weighted by Crippen LogP contribution is 2.18. The average Bonchev–Trinajstić information content (AvgIpc) is 3.28. The van der Waals surface area contributed by atoms with Crippen molar-refractivity contribution in [1.82, 2.24) is 29.7 Å². The topological polar surface area (TPSA) is 118 Å². The van der Waals surface area contributed by atoms with Crippen molar-refractivity contribution in [3.8, 4) is 17.1 Å². The quantitative estimate of drug-likeness (QED) is 0.496. The van der Waals surface area contributed by atoms with Crippen molar-refractivity contribution in [3.63, 3.8) is 0 Å². The molecule has 1 amide bonds. The molecule has 1 aromatic carbocycles. The summed E-state index contributed by atoms with van der Waals surface area (Å²) in [6.45, 7) is 1.73. The second-order valence-corrected chi connectivity index (χ2v) is 6.77. The zero-order valence-electron chi connectivity index (χ0n) is 16.5. The number of carbonyl (C=O) groups is 1. The molecule has 0 bridgehead atoms. The number of aromatic nitrogens is 6. The Hall–Kier alpha value is -4.21. The number of hydrogen-bond donors (Lipinski definition) is 2. The number of rotatable bonds is 6. The van der Waals surface area contributed by atoms with Crippen molar-refractivity contribution in [2.24, 2.45) is 0 Å². The number of amides is 1. The van der Waals surface area contributed by atoms with Crippen molar-refractivity contribution in [3.05, 3.63) is 82.8 Å². The Kier molecular flexibility index (Phi) is 5.61. The van der Waals surface area contributed by atoms with Crippen LogP contribution >= 0.6 is 0 Å². The standard InChI is InChI=1S/C21H18FN7O2/c1-13-16(21(31)28-20(26-13)14-6-8-23-9-7-14)3-5-19(30)27-15-2-4-18(17(22)10-15)29-12-24-11-25-29/h2,4,6-12H,3,5H2,1H3,(H,27,30)(H,26,28,31). The van der Waals surface area contributed by atoms with Gasteiger partial charge in [-0.1, -0.05) is 0 Å². The van der Waals surface area contributed by atoms with Crippen LogP contribution in [0.15, 0.2) is 60.2 Å². The molecule has 10 heteroatoms. The number of nitrogens with zero attached hydrogens (tertiary/aromatic N) is 5. The summed E-state index contributed by atoms with van der Waals surface area (Å²) in [6.07, 6.45) is 6.17. The van der Waals surface area contributed by atoms with Gasteiger partial charge in [-0.25, -0.2) is 19.0 Å². The van der Waals surface area contributed by atoms with Crippen LogP contribution in [-0.2, 0) is 11.2 Å². The maximum atomic E-state index is 14.3. The van der Waals surface area contributed by atoms with Crippen molar-refractivity contribution in [1.29, 1.82) is 0 Å². The molecule has 0 unspecified atom stereocenters. The number of aromatic amines is 1. The van der Waals surface area contributed by atoms with Gasteiger partial charge in [0, 0.05) is 41.3 Å². The predicted molar refractivity (Wildman–Crippen MR) is 111 cm³/mol. The van der Waals surface area contributed by atoms with E-state index in [0.717, 1.165) is 5.56 Å². The monoisotopic (exact) mass is 419 g/mol. The molecule has 0 aliphatic rings. The van der Waals surface area contributed by atoms with Crippen LogP contribution in [0.5, 0.6) is 0 Å². The molecule has 0 atom stereocenters. The number of nitrogens with one attached hydrogen (secondary N) is 2. The van der Waals surface area contributed by atoms with E-state index < -0.39 is 5.82 Å². The second-order valence-electron chi connectivity index (χ2n) is 6.77. The van der Waals surface area contributed by atoms with Crippen LogP contribution in [0.2, 0.25) is 0 Å². The van der Waals surface area contributed by atoms with Crippen LogP contribution in [0.25, 0.3) is 17.1 Å². The summed E-state index contributed by atoms with van der Waals surface area (Å²) in [5.74, 6) is -0.447. The van der Waals surface area contributed by atoms with E-state index >= 15 is 0 Å². The summed E-state index contributed by atoms with van der Waals surface area (Å²) in [4.78, 5) is 39.7. The van der Waals surface area contributed by atoms with E-state index in [9.17, 15) is 14.0 Å². The van der Waals surface area contributed by atoms with E-state index in [1.165, 1.54) is 29.5 Å². The Balaban J connectivity index is 1.42. The molecule has 0 spiro atoms. The molecule has 0 aliphatic carbocycles. The van der Waals surface area contributed by atoms with E-state index in [2.05, 4.69) is 30.4 Å². The van der Waals surface area contributed by atoms with Gasteiger partial charge in [-0.15, -0.1) is 0 Å². The summed E-state index contributed by atoms with van der Waals surface area (Å²) in [5.41, 5.74) is 1.96. The number of H-pyrrole nitrogens is 1. The van der Waals surface area contributed by atoms with Crippen LogP contribution in [0.3, 0.4) is 0 Å². The summed E-state index contributed by atoms with van der Waals surface area (Å²) < 4.78 is 15.6. The smallest absolute Gasteiger partial charge is 0.254 e. The van der Waals surface area contributed by atoms with Gasteiger partial charge in [0.25, 0.3) is 5.56 Å². The minimum atomic E-state index is -0.550. The Morgan fingerprint density at radius 2 is 2.00 bits per heavy atom. The van der Waals surface area contributed by atoms with Gasteiger partial charge in [0.15, 0.2) is 5.82 Å². The molecule has 0 aliphatic heterocycles. The third kappa shape index (κ3) is 4.53. The lowest BCUT2D eigenvalue weighted by molar-refractivity contribution is -0.116. The number of carbonyl (C=O) groups excluding carboxylic acids is 1. The van der Waals surface area contributed by atoms with Crippen LogP contribution in [-0.4, -0.2) is 35.6 Å². The minimum absolute atomic E-state index is 0.0483. The lowest BCUT2D eigenvalue weighted by Crippen LogP contribution is -2.20. The van der Waals surface area contributed by atoms with Crippen LogP contribution in [0.1, 0.15) is 17.7 Å². The first-order chi connectivity index (χ1) is 15.0. The Labute approximate surface area is 176 Å². The average molecular weight is 419 g/mol. The number of anilines is 1. The predicted octanol–water partition coefficient (Wildman–Crippen LogP) is 2.43. The molecule has 3 aromatic heterocycles. The molecule has 2 N–H and O–H groups in total. The second kappa shape index (κ2) is 8.66. The Morgan fingerprint density at radius 3 is 2.68 bits per heavy atom. The minimum Gasteiger partial charge on any atom is -0.326 e. The van der Waals surface area contributed by atoms with Gasteiger partial charge in [-0.3, -0.25) is 14.6 Å². The van der Waals surface area contributed by atoms with Gasteiger partial charge in [0.1, 0.15) is 24.2 Å². The molecular weight excluding hydrogens is 401 g/mol. The summed E-state index contributed by atoms with van der Waals surface area (Å²) in [5, 5.41) is 6.52. The van der Waals surface area contributed by atoms with E-state index in [1.54, 1.807) is 37.5 Å². The van der Waals surface area contributed by atoms with E-state index in [4.69, 9.17) is 0 Å². The zero-order valence-corrected chi connectivity index (χ0v) is 16.5. The van der Waals surface area contributed by atoms with Crippen LogP contribution < -0.4 is 10.9 Å². The third-order valence-electron chi connectivity index (χ3n) is 4.68. The Morgan fingerprint density at radius 1 is 1.19 bits per heavy atom. The molecule has 0 saturated carbocycles. The number of hydrogen-bond acceptors (Lipinski definition) is 6. The molecule has 0 radical (unpaired) electrons. The highest BCUT2D eigenvalue weighted by molar-refractivity contribution is 5.90. The highest BCUT2D eigenvalue weighted by Gasteiger charge is 2.13. The number of halogens is 1. The van der Waals surface area contributed by atoms with Gasteiger partial charge >= 0.3 is 0 Å². The molecule has 0 fully saturated rings. The van der Waals surface area contributed by atoms with Crippen LogP contribution in [0.4, 0.5) is 10.1 Å². The Bertz CT molecular complexity index is 1270. The summed E-state index contributed by atoms with van der Waals surface area (Å²) in [7, 11) is 0. The molecular formula is C21H18FN7O2. The van der Waals surface area contributed by atoms with Crippen molar-refractivity contribution in [2.45, 2.75) is 19.8 Å². The fourth-order valence-corrected chi connectivity index (χ4v) is 3.12. The largest absolute Gasteiger partial charge is 0.326 e. The van der Waals surface area contributed by atoms with Crippen molar-refractivity contribution >= 4 is 11.6 Å². The van der Waals surface area contributed by atoms with Gasteiger partial charge in [0.05, 0.1) is 0 Å². The van der Waals surface area contributed by atoms with E-state index in [-0.39, 0.29) is 30.0 Å². The first-order valence-corrected chi connectivity index (χ1v) is 9.46. The maximum absolute atomic E-state index is 14.3. The lowest BCUT2D eigenvalue weighted by Gasteiger charge is -2.09. The number of aryl methyl sites for hydroxylation is 1. The molecule has 31 heavy (non-hydrogen) atoms. The zero-order chi connectivity index (χ0) is 21.8. The lowest BCUT2D eigenvalue weighted by atomic mass is 10.1. The van der Waals surface area contributed by atoms with Gasteiger partial charge in [-0.2, -0.15) is 5.10 Å². The van der Waals surface area contributed by atoms with Crippen molar-refractivity contribution < 1.29 is 9.18 Å². The highest BCUT2D eigenvalue weighted by atomic mass is 19.1. The SMILES string of the molecule is Cc1nc(-c2ccncc2)[nH]c(=O)c1CCC(=O)Nc1ccc(-n2cncn2)c(F)c1. The number of benzene rings is 1. The van der Waals surface area contributed by atoms with Crippen molar-refractivity contribution in [2.75, 3.05) is 5.32 Å². The normalized spacial score (nSPS) is 10.8. The number of pyridine rings is 1. The molecule has 3 heterocycles. The molecule has 4 aromatic rings. The van der Waals surface area contributed by atoms with E-state index in [1.807, 2.05) is 0 Å². The fraction of sp³-hybridized carbons (Fsp3) is 0.143. The van der Waals surface area contributed by atoms with Gasteiger partial charge in [0.2, 0.25) is 5.91 Å². The summed E-state index contributed by atoms with van der Waals surface area (Å²) in [6, 6.07) is 7.77. The molecule has 156 valence electrons. The van der Waals surface area contributed by atoms with Crippen LogP contribution in [0, 0.1) is 12.7 Å². The summed E-state index contributed by atoms with van der Waals surface area (Å²) >= 11 is 0.